The van der Waals surface area contributed by atoms with E-state index in [1.165, 1.54) is 57.4 Å². The number of likely N-dealkylation sites (tertiary alicyclic amines) is 2. The maximum Gasteiger partial charge on any atom is 0.123 e. The zero-order chi connectivity index (χ0) is 17.5. The summed E-state index contributed by atoms with van der Waals surface area (Å²) in [6.07, 6.45) is 6.60. The second-order valence-electron chi connectivity index (χ2n) is 7.89. The highest BCUT2D eigenvalue weighted by atomic mass is 16.5. The molecule has 2 heterocycles. The Morgan fingerprint density at radius 3 is 2.68 bits per heavy atom. The molecule has 0 N–H and O–H groups in total. The van der Waals surface area contributed by atoms with E-state index in [4.69, 9.17) is 4.74 Å². The maximum absolute atomic E-state index is 6.08. The molecule has 0 spiro atoms. The van der Waals surface area contributed by atoms with Crippen molar-refractivity contribution in [2.24, 2.45) is 0 Å². The maximum atomic E-state index is 6.08. The fourth-order valence-electron chi connectivity index (χ4n) is 4.12. The molecular weight excluding hydrogens is 310 g/mol. The molecule has 4 nitrogen and oxygen atoms in total. The third kappa shape index (κ3) is 5.70. The van der Waals surface area contributed by atoms with Gasteiger partial charge in [0.25, 0.3) is 0 Å². The molecule has 0 amide bonds. The van der Waals surface area contributed by atoms with E-state index in [0.29, 0.717) is 0 Å². The predicted octanol–water partition coefficient (Wildman–Crippen LogP) is 3.08. The highest BCUT2D eigenvalue weighted by molar-refractivity contribution is 5.33. The van der Waals surface area contributed by atoms with Crippen molar-refractivity contribution in [1.82, 2.24) is 14.7 Å². The Labute approximate surface area is 153 Å². The van der Waals surface area contributed by atoms with E-state index in [0.717, 1.165) is 37.9 Å². The first-order valence-corrected chi connectivity index (χ1v) is 10.0. The van der Waals surface area contributed by atoms with E-state index in [2.05, 4.69) is 53.1 Å². The second kappa shape index (κ2) is 9.56. The van der Waals surface area contributed by atoms with Gasteiger partial charge in [-0.2, -0.15) is 0 Å². The van der Waals surface area contributed by atoms with E-state index < -0.39 is 0 Å². The molecule has 2 fully saturated rings. The van der Waals surface area contributed by atoms with Crippen molar-refractivity contribution in [1.29, 1.82) is 0 Å². The molecule has 140 valence electrons. The number of nitrogens with zero attached hydrogens (tertiary/aromatic N) is 3. The monoisotopic (exact) mass is 345 g/mol. The van der Waals surface area contributed by atoms with Crippen molar-refractivity contribution >= 4 is 0 Å². The van der Waals surface area contributed by atoms with Crippen LogP contribution in [-0.4, -0.2) is 74.2 Å². The van der Waals surface area contributed by atoms with Crippen LogP contribution < -0.4 is 4.74 Å². The van der Waals surface area contributed by atoms with E-state index >= 15 is 0 Å². The summed E-state index contributed by atoms with van der Waals surface area (Å²) in [4.78, 5) is 7.55. The lowest BCUT2D eigenvalue weighted by atomic mass is 10.1. The number of hydrogen-bond acceptors (Lipinski definition) is 4. The minimum absolute atomic E-state index is 0.772. The molecule has 0 bridgehead atoms. The third-order valence-corrected chi connectivity index (χ3v) is 5.53. The summed E-state index contributed by atoms with van der Waals surface area (Å²) in [5.41, 5.74) is 1.34. The Hall–Kier alpha value is -1.10. The number of rotatable bonds is 8. The largest absolute Gasteiger partial charge is 0.493 e. The smallest absolute Gasteiger partial charge is 0.123 e. The summed E-state index contributed by atoms with van der Waals surface area (Å²) in [5.74, 6) is 1.07. The van der Waals surface area contributed by atoms with E-state index in [9.17, 15) is 0 Å². The minimum atomic E-state index is 0.772. The zero-order valence-corrected chi connectivity index (χ0v) is 16.1. The molecule has 0 aliphatic carbocycles. The van der Waals surface area contributed by atoms with Gasteiger partial charge in [-0.1, -0.05) is 24.6 Å². The van der Waals surface area contributed by atoms with Crippen LogP contribution in [0.15, 0.2) is 24.3 Å². The first-order valence-electron chi connectivity index (χ1n) is 10.0. The standard InChI is InChI=1S/C21H35N3O/c1-22(2)12-8-16-25-21-10-5-4-9-19(21)17-23-15-11-20(18-23)24-13-6-3-7-14-24/h4-5,9-10,20H,3,6-8,11-18H2,1-2H3/t20-/m1/s1. The third-order valence-electron chi connectivity index (χ3n) is 5.53. The van der Waals surface area contributed by atoms with Crippen LogP contribution in [0.5, 0.6) is 5.75 Å². The number of hydrogen-bond donors (Lipinski definition) is 0. The molecule has 25 heavy (non-hydrogen) atoms. The zero-order valence-electron chi connectivity index (χ0n) is 16.1. The normalized spacial score (nSPS) is 22.6. The Bertz CT molecular complexity index is 514. The molecule has 1 aromatic rings. The van der Waals surface area contributed by atoms with E-state index in [-0.39, 0.29) is 0 Å². The van der Waals surface area contributed by atoms with Crippen LogP contribution in [0.1, 0.15) is 37.7 Å². The van der Waals surface area contributed by atoms with Crippen LogP contribution in [0.4, 0.5) is 0 Å². The number of piperidine rings is 1. The van der Waals surface area contributed by atoms with Crippen molar-refractivity contribution < 1.29 is 4.74 Å². The van der Waals surface area contributed by atoms with Gasteiger partial charge in [-0.15, -0.1) is 0 Å². The van der Waals surface area contributed by atoms with Gasteiger partial charge in [0.2, 0.25) is 0 Å². The van der Waals surface area contributed by atoms with Gasteiger partial charge in [-0.3, -0.25) is 9.80 Å². The number of ether oxygens (including phenoxy) is 1. The van der Waals surface area contributed by atoms with E-state index in [1.54, 1.807) is 0 Å². The predicted molar refractivity (Wildman–Crippen MR) is 104 cm³/mol. The Balaban J connectivity index is 1.49. The molecule has 1 aromatic carbocycles. The van der Waals surface area contributed by atoms with Crippen molar-refractivity contribution in [2.75, 3.05) is 53.4 Å². The molecule has 0 unspecified atom stereocenters. The average Bonchev–Trinajstić information content (AvgIpc) is 3.09. The Morgan fingerprint density at radius 1 is 1.08 bits per heavy atom. The van der Waals surface area contributed by atoms with Gasteiger partial charge in [0.1, 0.15) is 5.75 Å². The van der Waals surface area contributed by atoms with Crippen molar-refractivity contribution in [3.05, 3.63) is 29.8 Å². The molecule has 3 rings (SSSR count). The van der Waals surface area contributed by atoms with Crippen LogP contribution in [-0.2, 0) is 6.54 Å². The molecule has 1 atom stereocenters. The molecule has 0 radical (unpaired) electrons. The quantitative estimate of drug-likeness (QED) is 0.674. The minimum Gasteiger partial charge on any atom is -0.493 e. The van der Waals surface area contributed by atoms with Gasteiger partial charge >= 0.3 is 0 Å². The van der Waals surface area contributed by atoms with Crippen molar-refractivity contribution in [2.45, 2.75) is 44.7 Å². The average molecular weight is 346 g/mol. The van der Waals surface area contributed by atoms with Gasteiger partial charge < -0.3 is 9.64 Å². The lowest BCUT2D eigenvalue weighted by Crippen LogP contribution is -2.40. The first kappa shape index (κ1) is 18.7. The van der Waals surface area contributed by atoms with Crippen LogP contribution in [0.25, 0.3) is 0 Å². The molecule has 0 aromatic heterocycles. The number of para-hydroxylation sites is 1. The number of benzene rings is 1. The molecule has 4 heteroatoms. The second-order valence-corrected chi connectivity index (χ2v) is 7.89. The van der Waals surface area contributed by atoms with Crippen LogP contribution in [0, 0.1) is 0 Å². The van der Waals surface area contributed by atoms with Crippen molar-refractivity contribution in [3.63, 3.8) is 0 Å². The van der Waals surface area contributed by atoms with Gasteiger partial charge in [0.05, 0.1) is 6.61 Å². The molecule has 2 saturated heterocycles. The molecule has 2 aliphatic rings. The SMILES string of the molecule is CN(C)CCCOc1ccccc1CN1CC[C@@H](N2CCCCC2)C1. The van der Waals surface area contributed by atoms with Crippen LogP contribution in [0.2, 0.25) is 0 Å². The summed E-state index contributed by atoms with van der Waals surface area (Å²) in [5, 5.41) is 0. The summed E-state index contributed by atoms with van der Waals surface area (Å²) >= 11 is 0. The lowest BCUT2D eigenvalue weighted by molar-refractivity contribution is 0.161. The van der Waals surface area contributed by atoms with Gasteiger partial charge in [-0.25, -0.2) is 0 Å². The summed E-state index contributed by atoms with van der Waals surface area (Å²) < 4.78 is 6.08. The molecule has 2 aliphatic heterocycles. The van der Waals surface area contributed by atoms with Gasteiger partial charge in [0.15, 0.2) is 0 Å². The van der Waals surface area contributed by atoms with Crippen LogP contribution in [0.3, 0.4) is 0 Å². The highest BCUT2D eigenvalue weighted by Crippen LogP contribution is 2.25. The summed E-state index contributed by atoms with van der Waals surface area (Å²) in [7, 11) is 4.22. The Kier molecular flexibility index (Phi) is 7.14. The van der Waals surface area contributed by atoms with Gasteiger partial charge in [-0.05, 0) is 58.9 Å². The fraction of sp³-hybridized carbons (Fsp3) is 0.714. The van der Waals surface area contributed by atoms with E-state index in [1.807, 2.05) is 0 Å². The fourth-order valence-corrected chi connectivity index (χ4v) is 4.12. The Morgan fingerprint density at radius 2 is 1.88 bits per heavy atom. The topological polar surface area (TPSA) is 19.0 Å². The first-order chi connectivity index (χ1) is 12.2. The van der Waals surface area contributed by atoms with Gasteiger partial charge in [0, 0.05) is 37.8 Å². The lowest BCUT2D eigenvalue weighted by Gasteiger charge is -2.32. The van der Waals surface area contributed by atoms with Crippen molar-refractivity contribution in [3.8, 4) is 5.75 Å². The summed E-state index contributed by atoms with van der Waals surface area (Å²) in [6.45, 7) is 7.95. The molecular formula is C21H35N3O. The molecule has 0 saturated carbocycles. The highest BCUT2D eigenvalue weighted by Gasteiger charge is 2.28. The van der Waals surface area contributed by atoms with Crippen LogP contribution >= 0.6 is 0 Å². The summed E-state index contributed by atoms with van der Waals surface area (Å²) in [6, 6.07) is 9.36.